The molecule has 3 rings (SSSR count). The van der Waals surface area contributed by atoms with E-state index in [4.69, 9.17) is 11.6 Å². The lowest BCUT2D eigenvalue weighted by atomic mass is 10.1. The van der Waals surface area contributed by atoms with Crippen LogP contribution in [0.25, 0.3) is 10.8 Å². The number of halogens is 1. The zero-order valence-electron chi connectivity index (χ0n) is 12.3. The highest BCUT2D eigenvalue weighted by Crippen LogP contribution is 2.30. The van der Waals surface area contributed by atoms with Crippen molar-refractivity contribution >= 4 is 34.0 Å². The second-order valence-corrected chi connectivity index (χ2v) is 5.67. The second kappa shape index (κ2) is 6.20. The van der Waals surface area contributed by atoms with E-state index >= 15 is 0 Å². The lowest BCUT2D eigenvalue weighted by Crippen LogP contribution is -2.27. The topological polar surface area (TPSA) is 20.3 Å². The quantitative estimate of drug-likeness (QED) is 0.663. The van der Waals surface area contributed by atoms with Gasteiger partial charge in [-0.1, -0.05) is 60.1 Å². The summed E-state index contributed by atoms with van der Waals surface area (Å²) < 4.78 is 0. The number of nitrogens with zero attached hydrogens (tertiary/aromatic N) is 1. The number of fused-ring (bicyclic) bond motifs is 1. The molecule has 0 fully saturated rings. The van der Waals surface area contributed by atoms with Crippen LogP contribution in [0.2, 0.25) is 5.02 Å². The van der Waals surface area contributed by atoms with Gasteiger partial charge in [-0.15, -0.1) is 0 Å². The highest BCUT2D eigenvalue weighted by atomic mass is 35.5. The molecule has 0 saturated carbocycles. The largest absolute Gasteiger partial charge is 0.308 e. The van der Waals surface area contributed by atoms with Gasteiger partial charge in [0.05, 0.1) is 12.2 Å². The maximum atomic E-state index is 12.2. The Morgan fingerprint density at radius 1 is 1.00 bits per heavy atom. The predicted octanol–water partition coefficient (Wildman–Crippen LogP) is 5.05. The maximum Gasteiger partial charge on any atom is 0.224 e. The van der Waals surface area contributed by atoms with Crippen molar-refractivity contribution in [1.29, 1.82) is 0 Å². The van der Waals surface area contributed by atoms with Crippen molar-refractivity contribution in [3.8, 4) is 0 Å². The van der Waals surface area contributed by atoms with E-state index < -0.39 is 0 Å². The van der Waals surface area contributed by atoms with Gasteiger partial charge in [-0.2, -0.15) is 0 Å². The number of carbonyl (C=O) groups excluding carboxylic acids is 1. The van der Waals surface area contributed by atoms with Gasteiger partial charge in [0.2, 0.25) is 5.91 Å². The van der Waals surface area contributed by atoms with Gasteiger partial charge in [0.25, 0.3) is 0 Å². The average molecular weight is 310 g/mol. The molecular formula is C19H16ClNO. The molecule has 0 atom stereocenters. The van der Waals surface area contributed by atoms with Gasteiger partial charge >= 0.3 is 0 Å². The number of amides is 1. The van der Waals surface area contributed by atoms with Crippen LogP contribution in [0.3, 0.4) is 0 Å². The smallest absolute Gasteiger partial charge is 0.224 e. The third-order valence-electron chi connectivity index (χ3n) is 3.67. The highest BCUT2D eigenvalue weighted by molar-refractivity contribution is 6.31. The Morgan fingerprint density at radius 3 is 2.50 bits per heavy atom. The van der Waals surface area contributed by atoms with Crippen LogP contribution in [0.1, 0.15) is 12.5 Å². The van der Waals surface area contributed by atoms with E-state index in [9.17, 15) is 4.79 Å². The first kappa shape index (κ1) is 14.6. The van der Waals surface area contributed by atoms with E-state index in [-0.39, 0.29) is 5.91 Å². The molecule has 0 N–H and O–H groups in total. The maximum absolute atomic E-state index is 12.2. The molecule has 110 valence electrons. The summed E-state index contributed by atoms with van der Waals surface area (Å²) in [5.74, 6) is 0.0197. The van der Waals surface area contributed by atoms with Crippen molar-refractivity contribution in [3.05, 3.63) is 77.3 Å². The fraction of sp³-hybridized carbons (Fsp3) is 0.105. The number of anilines is 1. The van der Waals surface area contributed by atoms with Crippen LogP contribution in [-0.2, 0) is 11.3 Å². The molecule has 0 aliphatic rings. The normalized spacial score (nSPS) is 10.6. The van der Waals surface area contributed by atoms with Gasteiger partial charge in [0.15, 0.2) is 0 Å². The molecule has 3 aromatic rings. The molecule has 22 heavy (non-hydrogen) atoms. The Labute approximate surface area is 134 Å². The van der Waals surface area contributed by atoms with E-state index in [0.29, 0.717) is 11.6 Å². The minimum atomic E-state index is 0.0197. The summed E-state index contributed by atoms with van der Waals surface area (Å²) in [6.07, 6.45) is 0. The van der Waals surface area contributed by atoms with Crippen LogP contribution in [-0.4, -0.2) is 5.91 Å². The third kappa shape index (κ3) is 2.97. The average Bonchev–Trinajstić information content (AvgIpc) is 2.52. The minimum Gasteiger partial charge on any atom is -0.308 e. The number of hydrogen-bond donors (Lipinski definition) is 0. The van der Waals surface area contributed by atoms with Crippen molar-refractivity contribution in [2.75, 3.05) is 4.90 Å². The second-order valence-electron chi connectivity index (χ2n) is 5.23. The Hall–Kier alpha value is -2.32. The van der Waals surface area contributed by atoms with Crippen LogP contribution in [0, 0.1) is 0 Å². The number of carbonyl (C=O) groups is 1. The Kier molecular flexibility index (Phi) is 4.12. The summed E-state index contributed by atoms with van der Waals surface area (Å²) in [4.78, 5) is 14.0. The van der Waals surface area contributed by atoms with E-state index in [0.717, 1.165) is 22.0 Å². The Balaban J connectivity index is 2.07. The fourth-order valence-corrected chi connectivity index (χ4v) is 2.79. The van der Waals surface area contributed by atoms with Gasteiger partial charge in [0, 0.05) is 17.3 Å². The first-order valence-corrected chi connectivity index (χ1v) is 7.53. The molecule has 0 aliphatic carbocycles. The van der Waals surface area contributed by atoms with E-state index in [1.54, 1.807) is 11.8 Å². The van der Waals surface area contributed by atoms with Crippen molar-refractivity contribution in [2.45, 2.75) is 13.5 Å². The van der Waals surface area contributed by atoms with Crippen molar-refractivity contribution in [1.82, 2.24) is 0 Å². The Morgan fingerprint density at radius 2 is 1.77 bits per heavy atom. The SMILES string of the molecule is CC(=O)N(Cc1ccccc1)c1cccc2cc(Cl)ccc12. The van der Waals surface area contributed by atoms with Crippen molar-refractivity contribution in [3.63, 3.8) is 0 Å². The summed E-state index contributed by atoms with van der Waals surface area (Å²) in [6, 6.07) is 21.7. The Bertz CT molecular complexity index is 814. The van der Waals surface area contributed by atoms with Crippen LogP contribution in [0.15, 0.2) is 66.7 Å². The van der Waals surface area contributed by atoms with Crippen molar-refractivity contribution < 1.29 is 4.79 Å². The summed E-state index contributed by atoms with van der Waals surface area (Å²) in [6.45, 7) is 2.15. The van der Waals surface area contributed by atoms with E-state index in [1.165, 1.54) is 0 Å². The molecule has 1 amide bonds. The highest BCUT2D eigenvalue weighted by Gasteiger charge is 2.14. The molecule has 0 spiro atoms. The fourth-order valence-electron chi connectivity index (χ4n) is 2.60. The van der Waals surface area contributed by atoms with Crippen LogP contribution in [0.4, 0.5) is 5.69 Å². The lowest BCUT2D eigenvalue weighted by Gasteiger charge is -2.23. The minimum absolute atomic E-state index is 0.0197. The van der Waals surface area contributed by atoms with Crippen LogP contribution >= 0.6 is 11.6 Å². The van der Waals surface area contributed by atoms with Gasteiger partial charge in [-0.3, -0.25) is 4.79 Å². The standard InChI is InChI=1S/C19H16ClNO/c1-14(22)21(13-15-6-3-2-4-7-15)19-9-5-8-16-12-17(20)10-11-18(16)19/h2-12H,13H2,1H3. The number of rotatable bonds is 3. The molecule has 3 aromatic carbocycles. The molecule has 0 bridgehead atoms. The molecule has 0 radical (unpaired) electrons. The summed E-state index contributed by atoms with van der Waals surface area (Å²) in [7, 11) is 0. The number of hydrogen-bond acceptors (Lipinski definition) is 1. The van der Waals surface area contributed by atoms with Crippen LogP contribution < -0.4 is 4.90 Å². The molecule has 0 heterocycles. The first-order valence-electron chi connectivity index (χ1n) is 7.15. The van der Waals surface area contributed by atoms with Crippen LogP contribution in [0.5, 0.6) is 0 Å². The van der Waals surface area contributed by atoms with Gasteiger partial charge < -0.3 is 4.90 Å². The summed E-state index contributed by atoms with van der Waals surface area (Å²) in [5.41, 5.74) is 2.01. The number of benzene rings is 3. The van der Waals surface area contributed by atoms with Crippen molar-refractivity contribution in [2.24, 2.45) is 0 Å². The van der Waals surface area contributed by atoms with Gasteiger partial charge in [0.1, 0.15) is 0 Å². The molecule has 3 heteroatoms. The third-order valence-corrected chi connectivity index (χ3v) is 3.91. The molecule has 0 saturated heterocycles. The monoisotopic (exact) mass is 309 g/mol. The van der Waals surface area contributed by atoms with Gasteiger partial charge in [-0.25, -0.2) is 0 Å². The molecule has 0 aliphatic heterocycles. The predicted molar refractivity (Wildman–Crippen MR) is 92.3 cm³/mol. The van der Waals surface area contributed by atoms with E-state index in [2.05, 4.69) is 0 Å². The molecule has 2 nitrogen and oxygen atoms in total. The zero-order chi connectivity index (χ0) is 15.5. The molecule has 0 unspecified atom stereocenters. The zero-order valence-corrected chi connectivity index (χ0v) is 13.0. The van der Waals surface area contributed by atoms with E-state index in [1.807, 2.05) is 66.7 Å². The molecular weight excluding hydrogens is 294 g/mol. The molecule has 0 aromatic heterocycles. The lowest BCUT2D eigenvalue weighted by molar-refractivity contribution is -0.116. The first-order chi connectivity index (χ1) is 10.6. The van der Waals surface area contributed by atoms with Gasteiger partial charge in [-0.05, 0) is 29.1 Å². The summed E-state index contributed by atoms with van der Waals surface area (Å²) in [5, 5.41) is 2.75. The summed E-state index contributed by atoms with van der Waals surface area (Å²) >= 11 is 6.06.